The zero-order valence-corrected chi connectivity index (χ0v) is 21.1. The van der Waals surface area contributed by atoms with Crippen molar-refractivity contribution >= 4 is 34.5 Å². The summed E-state index contributed by atoms with van der Waals surface area (Å²) < 4.78 is 19.6. The molecule has 9 nitrogen and oxygen atoms in total. The van der Waals surface area contributed by atoms with Gasteiger partial charge in [0, 0.05) is 16.2 Å². The van der Waals surface area contributed by atoms with Crippen molar-refractivity contribution in [3.8, 4) is 0 Å². The molecule has 1 aliphatic rings. The Morgan fingerprint density at radius 3 is 2.14 bits per heavy atom. The summed E-state index contributed by atoms with van der Waals surface area (Å²) in [5.41, 5.74) is -2.01. The van der Waals surface area contributed by atoms with E-state index >= 15 is 0 Å². The maximum Gasteiger partial charge on any atom is 0.338 e. The lowest BCUT2D eigenvalue weighted by Crippen LogP contribution is -2.52. The Labute approximate surface area is 214 Å². The molecule has 0 bridgehead atoms. The number of nitrogens with one attached hydrogen (secondary N) is 1. The highest BCUT2D eigenvalue weighted by atomic mass is 127. The maximum absolute atomic E-state index is 13.1. The first-order valence-electron chi connectivity index (χ1n) is 10.8. The van der Waals surface area contributed by atoms with Gasteiger partial charge in [-0.05, 0) is 38.1 Å². The Bertz CT molecular complexity index is 1340. The van der Waals surface area contributed by atoms with Gasteiger partial charge in [-0.25, -0.2) is 14.4 Å². The number of carbonyl (C=O) groups excluding carboxylic acids is 2. The number of rotatable bonds is 6. The van der Waals surface area contributed by atoms with Crippen LogP contribution in [0.25, 0.3) is 0 Å². The highest BCUT2D eigenvalue weighted by molar-refractivity contribution is 14.1. The van der Waals surface area contributed by atoms with Gasteiger partial charge < -0.3 is 14.2 Å². The first-order chi connectivity index (χ1) is 16.7. The minimum atomic E-state index is -1.61. The number of nitrogens with zero attached hydrogens (tertiary/aromatic N) is 1. The molecule has 35 heavy (non-hydrogen) atoms. The number of aromatic amines is 1. The molecule has 1 saturated heterocycles. The van der Waals surface area contributed by atoms with Gasteiger partial charge in [0.25, 0.3) is 5.56 Å². The second-order valence-corrected chi connectivity index (χ2v) is 9.14. The van der Waals surface area contributed by atoms with Gasteiger partial charge in [0.05, 0.1) is 11.1 Å². The van der Waals surface area contributed by atoms with E-state index in [2.05, 4.69) is 27.6 Å². The number of H-pyrrole nitrogens is 1. The van der Waals surface area contributed by atoms with E-state index in [1.165, 1.54) is 10.6 Å². The van der Waals surface area contributed by atoms with Gasteiger partial charge in [-0.2, -0.15) is 0 Å². The molecule has 0 radical (unpaired) electrons. The molecule has 1 aromatic heterocycles. The molecule has 1 N–H and O–H groups in total. The van der Waals surface area contributed by atoms with Crippen LogP contribution in [0.4, 0.5) is 0 Å². The fourth-order valence-corrected chi connectivity index (χ4v) is 4.79. The van der Waals surface area contributed by atoms with E-state index in [0.717, 1.165) is 0 Å². The molecule has 2 aromatic carbocycles. The number of hydrogen-bond acceptors (Lipinski definition) is 7. The molecule has 1 aliphatic heterocycles. The average molecular weight is 590 g/mol. The third-order valence-electron chi connectivity index (χ3n) is 5.82. The fraction of sp³-hybridized carbons (Fsp3) is 0.280. The molecule has 4 atom stereocenters. The molecule has 1 fully saturated rings. The first kappa shape index (κ1) is 24.9. The Hall–Kier alpha value is -3.25. The molecule has 182 valence electrons. The minimum absolute atomic E-state index is 0.282. The number of esters is 2. The molecular formula is C25H23IN2O7. The van der Waals surface area contributed by atoms with E-state index in [9.17, 15) is 19.2 Å². The van der Waals surface area contributed by atoms with Gasteiger partial charge in [0.2, 0.25) is 0 Å². The summed E-state index contributed by atoms with van der Waals surface area (Å²) in [5, 5.41) is 0. The normalized spacial score (nSPS) is 23.6. The van der Waals surface area contributed by atoms with Crippen molar-refractivity contribution in [3.05, 3.63) is 104 Å². The van der Waals surface area contributed by atoms with Crippen LogP contribution >= 0.6 is 22.6 Å². The van der Waals surface area contributed by atoms with Crippen molar-refractivity contribution < 1.29 is 23.8 Å². The average Bonchev–Trinajstić information content (AvgIpc) is 3.10. The highest BCUT2D eigenvalue weighted by Crippen LogP contribution is 2.44. The summed E-state index contributed by atoms with van der Waals surface area (Å²) >= 11 is 2.08. The van der Waals surface area contributed by atoms with Crippen LogP contribution in [-0.2, 0) is 14.2 Å². The molecule has 0 aliphatic carbocycles. The van der Waals surface area contributed by atoms with Crippen LogP contribution in [0.1, 0.15) is 39.6 Å². The van der Waals surface area contributed by atoms with Crippen LogP contribution in [-0.4, -0.2) is 43.7 Å². The molecular weight excluding hydrogens is 567 g/mol. The van der Waals surface area contributed by atoms with E-state index in [-0.39, 0.29) is 5.56 Å². The standard InChI is InChI=1S/C25H23IN2O7/c1-15-13-19(29)27-24(32)28(15)23-25(2,35-22(31)17-11-7-4-8-12-17)20(18(14-26)33-23)34-21(30)16-9-5-3-6-10-16/h3-13,18,20,23H,14H2,1-2H3,(H,27,29,32)/t18-,20-,23-,25-/m1/s1. The zero-order valence-electron chi connectivity index (χ0n) is 19.0. The predicted octanol–water partition coefficient (Wildman–Crippen LogP) is 3.02. The monoisotopic (exact) mass is 590 g/mol. The summed E-state index contributed by atoms with van der Waals surface area (Å²) in [7, 11) is 0. The fourth-order valence-electron chi connectivity index (χ4n) is 4.12. The number of halogens is 1. The van der Waals surface area contributed by atoms with E-state index in [1.54, 1.807) is 74.5 Å². The Kier molecular flexibility index (Phi) is 7.22. The zero-order chi connectivity index (χ0) is 25.2. The summed E-state index contributed by atoms with van der Waals surface area (Å²) in [6, 6.07) is 18.0. The third-order valence-corrected chi connectivity index (χ3v) is 6.69. The summed E-state index contributed by atoms with van der Waals surface area (Å²) in [4.78, 5) is 53.0. The molecule has 3 aromatic rings. The maximum atomic E-state index is 13.1. The van der Waals surface area contributed by atoms with Crippen LogP contribution in [0.5, 0.6) is 0 Å². The SMILES string of the molecule is Cc1cc(=O)[nH]c(=O)n1[C@@H]1O[C@H](CI)[C@@H](OC(=O)c2ccccc2)[C@@]1(C)OC(=O)c1ccccc1. The number of aromatic nitrogens is 2. The predicted molar refractivity (Wildman–Crippen MR) is 135 cm³/mol. The van der Waals surface area contributed by atoms with E-state index in [4.69, 9.17) is 14.2 Å². The number of alkyl halides is 1. The quantitative estimate of drug-likeness (QED) is 0.267. The van der Waals surface area contributed by atoms with Crippen LogP contribution in [0.15, 0.2) is 76.3 Å². The number of carbonyl (C=O) groups is 2. The van der Waals surface area contributed by atoms with E-state index < -0.39 is 47.2 Å². The first-order valence-corrected chi connectivity index (χ1v) is 12.4. The van der Waals surface area contributed by atoms with Gasteiger partial charge in [-0.3, -0.25) is 14.3 Å². The van der Waals surface area contributed by atoms with Crippen molar-refractivity contribution in [2.75, 3.05) is 4.43 Å². The Morgan fingerprint density at radius 2 is 1.60 bits per heavy atom. The van der Waals surface area contributed by atoms with Crippen molar-refractivity contribution in [1.82, 2.24) is 9.55 Å². The number of hydrogen-bond donors (Lipinski definition) is 1. The van der Waals surface area contributed by atoms with Crippen molar-refractivity contribution in [2.45, 2.75) is 37.9 Å². The molecule has 4 rings (SSSR count). The largest absolute Gasteiger partial charge is 0.451 e. The smallest absolute Gasteiger partial charge is 0.338 e. The molecule has 10 heteroatoms. The number of aryl methyl sites for hydroxylation is 1. The topological polar surface area (TPSA) is 117 Å². The highest BCUT2D eigenvalue weighted by Gasteiger charge is 2.60. The summed E-state index contributed by atoms with van der Waals surface area (Å²) in [5.74, 6) is -1.30. The number of ether oxygens (including phenoxy) is 3. The van der Waals surface area contributed by atoms with Crippen LogP contribution in [0, 0.1) is 6.92 Å². The van der Waals surface area contributed by atoms with Crippen LogP contribution < -0.4 is 11.2 Å². The number of benzene rings is 2. The lowest BCUT2D eigenvalue weighted by Gasteiger charge is -2.35. The molecule has 0 unspecified atom stereocenters. The Morgan fingerprint density at radius 1 is 1.03 bits per heavy atom. The molecule has 0 amide bonds. The summed E-state index contributed by atoms with van der Waals surface area (Å²) in [6.45, 7) is 3.13. The van der Waals surface area contributed by atoms with Crippen molar-refractivity contribution in [3.63, 3.8) is 0 Å². The van der Waals surface area contributed by atoms with Gasteiger partial charge in [-0.15, -0.1) is 0 Å². The van der Waals surface area contributed by atoms with Crippen molar-refractivity contribution in [2.24, 2.45) is 0 Å². The van der Waals surface area contributed by atoms with Crippen LogP contribution in [0.2, 0.25) is 0 Å². The second kappa shape index (κ2) is 10.2. The van der Waals surface area contributed by atoms with E-state index in [1.807, 2.05) is 0 Å². The van der Waals surface area contributed by atoms with Gasteiger partial charge in [0.1, 0.15) is 6.10 Å². The summed E-state index contributed by atoms with van der Waals surface area (Å²) in [6.07, 6.45) is -2.93. The van der Waals surface area contributed by atoms with E-state index in [0.29, 0.717) is 15.7 Å². The second-order valence-electron chi connectivity index (χ2n) is 8.26. The molecule has 2 heterocycles. The third kappa shape index (κ3) is 4.94. The van der Waals surface area contributed by atoms with Gasteiger partial charge >= 0.3 is 17.6 Å². The minimum Gasteiger partial charge on any atom is -0.451 e. The Balaban J connectivity index is 1.80. The molecule has 0 spiro atoms. The van der Waals surface area contributed by atoms with Crippen molar-refractivity contribution in [1.29, 1.82) is 0 Å². The van der Waals surface area contributed by atoms with Gasteiger partial charge in [-0.1, -0.05) is 59.0 Å². The van der Waals surface area contributed by atoms with Gasteiger partial charge in [0.15, 0.2) is 17.9 Å². The lowest BCUT2D eigenvalue weighted by molar-refractivity contribution is -0.111. The molecule has 0 saturated carbocycles. The van der Waals surface area contributed by atoms with Crippen LogP contribution in [0.3, 0.4) is 0 Å². The lowest BCUT2D eigenvalue weighted by atomic mass is 9.95.